The molecule has 292 valence electrons. The number of nitrogens with zero attached hydrogens (tertiary/aromatic N) is 1. The smallest absolute Gasteiger partial charge is 0.324 e. The first kappa shape index (κ1) is 43.0. The van der Waals surface area contributed by atoms with Gasteiger partial charge in [0.25, 0.3) is 0 Å². The zero-order valence-electron chi connectivity index (χ0n) is 31.2. The third-order valence-electron chi connectivity index (χ3n) is 9.63. The molecule has 1 heterocycles. The summed E-state index contributed by atoms with van der Waals surface area (Å²) in [4.78, 5) is 69.0. The number of amides is 4. The molecule has 0 radical (unpaired) electrons. The molecule has 0 spiro atoms. The van der Waals surface area contributed by atoms with Crippen LogP contribution in [0.2, 0.25) is 0 Å². The number of unbranched alkanes of at least 4 members (excludes halogenated alkanes) is 1. The van der Waals surface area contributed by atoms with Gasteiger partial charge in [0, 0.05) is 19.5 Å². The maximum absolute atomic E-state index is 14.0. The molecule has 1 aliphatic rings. The summed E-state index contributed by atoms with van der Waals surface area (Å²) in [7, 11) is 0. The number of carbonyl (C=O) groups is 5. The van der Waals surface area contributed by atoms with Gasteiger partial charge in [-0.25, -0.2) is 0 Å². The zero-order valence-corrected chi connectivity index (χ0v) is 31.2. The number of carboxylic acids is 1. The molecule has 53 heavy (non-hydrogen) atoms. The molecule has 11 N–H and O–H groups in total. The van der Waals surface area contributed by atoms with E-state index in [0.29, 0.717) is 45.3 Å². The first-order valence-corrected chi connectivity index (χ1v) is 18.8. The summed E-state index contributed by atoms with van der Waals surface area (Å²) in [5.74, 6) is -2.86. The van der Waals surface area contributed by atoms with Crippen molar-refractivity contribution in [3.8, 4) is 0 Å². The van der Waals surface area contributed by atoms with Crippen LogP contribution in [0, 0.1) is 5.92 Å². The minimum atomic E-state index is -1.16. The van der Waals surface area contributed by atoms with E-state index in [1.807, 2.05) is 74.5 Å². The van der Waals surface area contributed by atoms with Crippen molar-refractivity contribution in [3.63, 3.8) is 0 Å². The molecule has 2 aromatic rings. The van der Waals surface area contributed by atoms with E-state index >= 15 is 0 Å². The topological polar surface area (TPSA) is 235 Å². The predicted octanol–water partition coefficient (Wildman–Crippen LogP) is 0.813. The van der Waals surface area contributed by atoms with E-state index in [9.17, 15) is 29.1 Å². The summed E-state index contributed by atoms with van der Waals surface area (Å²) in [5, 5.41) is 21.7. The Hall–Kier alpha value is -4.37. The number of rotatable bonds is 22. The number of hydrogen-bond acceptors (Lipinski definition) is 9. The maximum Gasteiger partial charge on any atom is 0.324 e. The van der Waals surface area contributed by atoms with Gasteiger partial charge >= 0.3 is 5.97 Å². The van der Waals surface area contributed by atoms with Gasteiger partial charge in [0.2, 0.25) is 23.6 Å². The van der Waals surface area contributed by atoms with Gasteiger partial charge in [0.05, 0.1) is 6.04 Å². The Balaban J connectivity index is 1.76. The van der Waals surface area contributed by atoms with Crippen molar-refractivity contribution in [2.75, 3.05) is 32.7 Å². The van der Waals surface area contributed by atoms with Crippen LogP contribution in [0.4, 0.5) is 0 Å². The van der Waals surface area contributed by atoms with Crippen molar-refractivity contribution in [1.29, 1.82) is 0 Å². The summed E-state index contributed by atoms with van der Waals surface area (Å²) in [6.45, 7) is 5.55. The SMILES string of the molecule is CC(C)CC(NC(=O)C(Cc1ccccc1)NC(=O)C(N)Cc1ccccc1)C(=O)NC(CCCCN)C(=O)N1CCC(NCCCN)(C(=O)O)CC1. The molecule has 0 aromatic heterocycles. The molecule has 4 amide bonds. The van der Waals surface area contributed by atoms with Crippen molar-refractivity contribution in [1.82, 2.24) is 26.2 Å². The van der Waals surface area contributed by atoms with Crippen LogP contribution in [-0.4, -0.2) is 102 Å². The number of carbonyl (C=O) groups excluding carboxylic acids is 4. The number of nitrogens with two attached hydrogens (primary N) is 3. The van der Waals surface area contributed by atoms with Gasteiger partial charge in [-0.05, 0) is 88.0 Å². The predicted molar refractivity (Wildman–Crippen MR) is 204 cm³/mol. The van der Waals surface area contributed by atoms with E-state index in [1.54, 1.807) is 4.90 Å². The average molecular weight is 737 g/mol. The lowest BCUT2D eigenvalue weighted by atomic mass is 9.87. The molecule has 1 fully saturated rings. The summed E-state index contributed by atoms with van der Waals surface area (Å²) >= 11 is 0. The minimum absolute atomic E-state index is 0.00286. The Morgan fingerprint density at radius 3 is 1.81 bits per heavy atom. The second kappa shape index (κ2) is 22.0. The molecule has 14 nitrogen and oxygen atoms in total. The first-order chi connectivity index (χ1) is 25.4. The lowest BCUT2D eigenvalue weighted by molar-refractivity contribution is -0.150. The number of benzene rings is 2. The molecule has 1 saturated heterocycles. The fourth-order valence-corrected chi connectivity index (χ4v) is 6.52. The van der Waals surface area contributed by atoms with Gasteiger partial charge in [-0.1, -0.05) is 74.5 Å². The summed E-state index contributed by atoms with van der Waals surface area (Å²) < 4.78 is 0. The van der Waals surface area contributed by atoms with Gasteiger partial charge in [-0.15, -0.1) is 0 Å². The van der Waals surface area contributed by atoms with Crippen LogP contribution < -0.4 is 38.5 Å². The van der Waals surface area contributed by atoms with Crippen molar-refractivity contribution in [2.24, 2.45) is 23.1 Å². The van der Waals surface area contributed by atoms with Crippen LogP contribution in [0.1, 0.15) is 69.9 Å². The first-order valence-electron chi connectivity index (χ1n) is 18.8. The van der Waals surface area contributed by atoms with Crippen molar-refractivity contribution in [3.05, 3.63) is 71.8 Å². The molecular weight excluding hydrogens is 676 g/mol. The molecule has 0 bridgehead atoms. The lowest BCUT2D eigenvalue weighted by Gasteiger charge is -2.40. The molecule has 3 rings (SSSR count). The van der Waals surface area contributed by atoms with Crippen LogP contribution in [0.25, 0.3) is 0 Å². The van der Waals surface area contributed by atoms with Crippen molar-refractivity contribution < 1.29 is 29.1 Å². The van der Waals surface area contributed by atoms with Gasteiger partial charge < -0.3 is 48.5 Å². The second-order valence-electron chi connectivity index (χ2n) is 14.4. The second-order valence-corrected chi connectivity index (χ2v) is 14.4. The highest BCUT2D eigenvalue weighted by Crippen LogP contribution is 2.24. The third-order valence-corrected chi connectivity index (χ3v) is 9.63. The van der Waals surface area contributed by atoms with Gasteiger partial charge in [-0.2, -0.15) is 0 Å². The van der Waals surface area contributed by atoms with E-state index in [2.05, 4.69) is 21.3 Å². The fourth-order valence-electron chi connectivity index (χ4n) is 6.52. The Bertz CT molecular complexity index is 1450. The third kappa shape index (κ3) is 13.8. The number of piperidine rings is 1. The highest BCUT2D eigenvalue weighted by molar-refractivity contribution is 5.95. The van der Waals surface area contributed by atoms with Crippen LogP contribution >= 0.6 is 0 Å². The number of likely N-dealkylation sites (tertiary alicyclic amines) is 1. The summed E-state index contributed by atoms with van der Waals surface area (Å²) in [6, 6.07) is 14.7. The Labute approximate surface area is 313 Å². The molecule has 0 saturated carbocycles. The normalized spacial score (nSPS) is 16.2. The lowest BCUT2D eigenvalue weighted by Crippen LogP contribution is -2.62. The molecule has 0 aliphatic carbocycles. The number of hydrogen-bond donors (Lipinski definition) is 8. The van der Waals surface area contributed by atoms with E-state index in [4.69, 9.17) is 17.2 Å². The zero-order chi connectivity index (χ0) is 38.8. The van der Waals surface area contributed by atoms with Gasteiger partial charge in [-0.3, -0.25) is 24.0 Å². The summed E-state index contributed by atoms with van der Waals surface area (Å²) in [6.07, 6.45) is 3.32. The Kier molecular flexibility index (Phi) is 17.9. The van der Waals surface area contributed by atoms with Crippen molar-refractivity contribution in [2.45, 2.75) is 101 Å². The molecule has 1 aliphatic heterocycles. The van der Waals surface area contributed by atoms with Crippen molar-refractivity contribution >= 4 is 29.6 Å². The maximum atomic E-state index is 14.0. The van der Waals surface area contributed by atoms with Crippen LogP contribution in [0.5, 0.6) is 0 Å². The molecule has 14 heteroatoms. The van der Waals surface area contributed by atoms with E-state index in [0.717, 1.165) is 11.1 Å². The average Bonchev–Trinajstić information content (AvgIpc) is 3.14. The molecular formula is C39H60N8O6. The Morgan fingerprint density at radius 2 is 1.26 bits per heavy atom. The van der Waals surface area contributed by atoms with Crippen LogP contribution in [0.15, 0.2) is 60.7 Å². The minimum Gasteiger partial charge on any atom is -0.480 e. The van der Waals surface area contributed by atoms with Gasteiger partial charge in [0.15, 0.2) is 0 Å². The fraction of sp³-hybridized carbons (Fsp3) is 0.564. The monoisotopic (exact) mass is 736 g/mol. The highest BCUT2D eigenvalue weighted by Gasteiger charge is 2.43. The number of nitrogens with one attached hydrogen (secondary N) is 4. The van der Waals surface area contributed by atoms with Crippen LogP contribution in [0.3, 0.4) is 0 Å². The largest absolute Gasteiger partial charge is 0.480 e. The van der Waals surface area contributed by atoms with Gasteiger partial charge in [0.1, 0.15) is 23.7 Å². The van der Waals surface area contributed by atoms with E-state index in [1.165, 1.54) is 0 Å². The highest BCUT2D eigenvalue weighted by atomic mass is 16.4. The Morgan fingerprint density at radius 1 is 0.736 bits per heavy atom. The molecule has 2 aromatic carbocycles. The van der Waals surface area contributed by atoms with E-state index in [-0.39, 0.29) is 57.0 Å². The number of carboxylic acid groups (broad SMARTS) is 1. The molecule has 4 unspecified atom stereocenters. The molecule has 4 atom stereocenters. The van der Waals surface area contributed by atoms with E-state index < -0.39 is 53.4 Å². The standard InChI is InChI=1S/C39H60N8O6/c1-27(2)24-32(46-36(50)33(26-29-14-7-4-8-15-29)45-34(48)30(42)25-28-12-5-3-6-13-28)35(49)44-31(16-9-10-19-40)37(51)47-22-17-39(18-23-47,38(52)53)43-21-11-20-41/h3-8,12-15,27,30-33,43H,9-11,16-26,40-42H2,1-2H3,(H,44,49)(H,45,48)(H,46,50)(H,52,53). The quantitative estimate of drug-likeness (QED) is 0.0793. The number of aliphatic carboxylic acids is 1. The summed E-state index contributed by atoms with van der Waals surface area (Å²) in [5.41, 5.74) is 18.1. The van der Waals surface area contributed by atoms with Crippen LogP contribution in [-0.2, 0) is 36.8 Å².